The van der Waals surface area contributed by atoms with E-state index in [1.807, 2.05) is 0 Å². The molecule has 0 aromatic heterocycles. The van der Waals surface area contributed by atoms with Crippen LogP contribution in [-0.4, -0.2) is 77.1 Å². The molecule has 0 spiro atoms. The Morgan fingerprint density at radius 1 is 0.857 bits per heavy atom. The Hall–Kier alpha value is 2.15. The van der Waals surface area contributed by atoms with Crippen LogP contribution in [0, 0.1) is 0 Å². The minimum absolute atomic E-state index is 0. The van der Waals surface area contributed by atoms with Crippen molar-refractivity contribution in [2.24, 2.45) is 0 Å². The van der Waals surface area contributed by atoms with Gasteiger partial charge in [-0.25, -0.2) is 0 Å². The molecule has 0 saturated carbocycles. The van der Waals surface area contributed by atoms with Crippen LogP contribution in [0.15, 0.2) is 0 Å². The first-order chi connectivity index (χ1) is 2.00. The van der Waals surface area contributed by atoms with E-state index in [0.717, 1.165) is 0 Å². The van der Waals surface area contributed by atoms with Gasteiger partial charge in [0.1, 0.15) is 0 Å². The molecule has 0 unspecified atom stereocenters. The molecule has 0 saturated heterocycles. The van der Waals surface area contributed by atoms with Gasteiger partial charge in [-0.3, -0.25) is 0 Å². The van der Waals surface area contributed by atoms with Crippen LogP contribution in [0.3, 0.4) is 0 Å². The fraction of sp³-hybridized carbons (Fsp3) is 0. The molecule has 0 atom stereocenters. The van der Waals surface area contributed by atoms with Gasteiger partial charge in [0.15, 0.2) is 0 Å². The monoisotopic (exact) mass is 289 g/mol. The van der Waals surface area contributed by atoms with Gasteiger partial charge in [-0.2, -0.15) is 0 Å². The quantitative estimate of drug-likeness (QED) is 0.358. The summed E-state index contributed by atoms with van der Waals surface area (Å²) < 4.78 is 0. The van der Waals surface area contributed by atoms with E-state index in [2.05, 4.69) is 0 Å². The molecule has 41 valence electrons. The zero-order valence-electron chi connectivity index (χ0n) is 3.37. The van der Waals surface area contributed by atoms with Crippen molar-refractivity contribution >= 4 is 57.9 Å². The zero-order chi connectivity index (χ0) is 4.50. The predicted octanol–water partition coefficient (Wildman–Crippen LogP) is -2.99. The molecular weight excluding hydrogens is 284 g/mol. The van der Waals surface area contributed by atoms with Gasteiger partial charge >= 0.3 is 9.05 Å². The molecule has 0 bridgehead atoms. The Kier molecular flexibility index (Phi) is 14.4. The van der Waals surface area contributed by atoms with Crippen LogP contribution in [0.25, 0.3) is 0 Å². The van der Waals surface area contributed by atoms with E-state index in [1.54, 1.807) is 0 Å². The Balaban J connectivity index is -0.0000000800. The summed E-state index contributed by atoms with van der Waals surface area (Å²) in [7, 11) is -4.61. The fourth-order valence-electron chi connectivity index (χ4n) is 0. The van der Waals surface area contributed by atoms with Crippen LogP contribution >= 0.6 is 0 Å². The molecule has 0 aliphatic carbocycles. The molecule has 0 amide bonds. The molecule has 0 aromatic carbocycles. The average Bonchev–Trinajstić information content (AvgIpc) is 0.722. The summed E-state index contributed by atoms with van der Waals surface area (Å²) in [6, 6.07) is 0. The van der Waals surface area contributed by atoms with E-state index in [4.69, 9.17) is 19.2 Å². The van der Waals surface area contributed by atoms with Crippen molar-refractivity contribution in [2.45, 2.75) is 0 Å². The number of rotatable bonds is 0. The molecule has 0 aromatic rings. The second-order valence-corrected chi connectivity index (χ2v) is 1.80. The van der Waals surface area contributed by atoms with Crippen LogP contribution in [0.4, 0.5) is 0 Å². The van der Waals surface area contributed by atoms with Crippen LogP contribution in [-0.2, 0) is 17.1 Å². The summed E-state index contributed by atoms with van der Waals surface area (Å²) in [5.41, 5.74) is 0. The molecule has 4 N–H and O–H groups in total. The van der Waals surface area contributed by atoms with Crippen molar-refractivity contribution in [3.8, 4) is 0 Å². The molecule has 4 nitrogen and oxygen atoms in total. The molecule has 3 radical (unpaired) electrons. The number of hydrogen-bond acceptors (Lipinski definition) is 4. The van der Waals surface area contributed by atoms with E-state index in [0.29, 0.717) is 0 Å². The first-order valence-corrected chi connectivity index (χ1v) is 2.68. The van der Waals surface area contributed by atoms with Crippen molar-refractivity contribution < 1.29 is 36.3 Å². The summed E-state index contributed by atoms with van der Waals surface area (Å²) in [4.78, 5) is 29.3. The van der Waals surface area contributed by atoms with Crippen LogP contribution < -0.4 is 0 Å². The van der Waals surface area contributed by atoms with E-state index in [-0.39, 0.29) is 65.9 Å². The van der Waals surface area contributed by atoms with Crippen LogP contribution in [0.1, 0.15) is 0 Å². The third-order valence-electron chi connectivity index (χ3n) is 0. The summed E-state index contributed by atoms with van der Waals surface area (Å²) in [5, 5.41) is 0. The van der Waals surface area contributed by atoms with E-state index in [9.17, 15) is 0 Å². The Labute approximate surface area is 92.6 Å². The molecule has 7 heteroatoms. The second kappa shape index (κ2) is 6.27. The van der Waals surface area contributed by atoms with Crippen LogP contribution in [0.2, 0.25) is 0 Å². The third-order valence-corrected chi connectivity index (χ3v) is 0. The Morgan fingerprint density at radius 2 is 0.857 bits per heavy atom. The van der Waals surface area contributed by atoms with E-state index >= 15 is 0 Å². The van der Waals surface area contributed by atoms with E-state index in [1.165, 1.54) is 0 Å². The predicted molar refractivity (Wildman–Crippen MR) is 20.4 cm³/mol. The van der Waals surface area contributed by atoms with Gasteiger partial charge in [-0.15, -0.1) is 0 Å². The normalized spacial score (nSPS) is 8.57. The molecule has 0 rings (SSSR count). The van der Waals surface area contributed by atoms with Crippen molar-refractivity contribution in [3.05, 3.63) is 0 Å². The molecule has 7 heavy (non-hydrogen) atoms. The maximum Gasteiger partial charge on any atom is 0.668 e. The zero-order valence-corrected chi connectivity index (χ0v) is 10.00. The van der Waals surface area contributed by atoms with Gasteiger partial charge < -0.3 is 19.2 Å². The Morgan fingerprint density at radius 3 is 0.857 bits per heavy atom. The maximum atomic E-state index is 7.33. The van der Waals surface area contributed by atoms with Crippen LogP contribution in [0.5, 0.6) is 0 Å². The Bertz CT molecular complexity index is 27.2. The average molecular weight is 288 g/mol. The summed E-state index contributed by atoms with van der Waals surface area (Å²) in [6.07, 6.45) is 0. The fourth-order valence-corrected chi connectivity index (χ4v) is 0. The van der Waals surface area contributed by atoms with Crippen molar-refractivity contribution in [1.82, 2.24) is 0 Å². The van der Waals surface area contributed by atoms with Crippen molar-refractivity contribution in [2.75, 3.05) is 0 Å². The first kappa shape index (κ1) is 16.1. The van der Waals surface area contributed by atoms with Crippen molar-refractivity contribution in [1.29, 1.82) is 0 Å². The van der Waals surface area contributed by atoms with Gasteiger partial charge in [0.25, 0.3) is 0 Å². The summed E-state index contributed by atoms with van der Waals surface area (Å²) in [6.45, 7) is 0. The minimum Gasteiger partial charge on any atom is -0.368 e. The smallest absolute Gasteiger partial charge is 0.368 e. The summed E-state index contributed by atoms with van der Waals surface area (Å²) >= 11 is 0. The van der Waals surface area contributed by atoms with Gasteiger partial charge in [0.05, 0.1) is 0 Å². The molecular formula is H4BaMnO4Si. The van der Waals surface area contributed by atoms with Crippen molar-refractivity contribution in [3.63, 3.8) is 0 Å². The van der Waals surface area contributed by atoms with Gasteiger partial charge in [0, 0.05) is 65.9 Å². The molecule has 0 heterocycles. The third kappa shape index (κ3) is 66.8. The van der Waals surface area contributed by atoms with Gasteiger partial charge in [-0.1, -0.05) is 0 Å². The molecule has 0 fully saturated rings. The largest absolute Gasteiger partial charge is 0.668 e. The maximum absolute atomic E-state index is 7.33. The van der Waals surface area contributed by atoms with E-state index < -0.39 is 9.05 Å². The standard InChI is InChI=1S/Ba.Mn.H4O4Si/c;;1-5(2,3)4/h;;1-4H. The second-order valence-electron chi connectivity index (χ2n) is 0.600. The SMILES string of the molecule is O[Si](O)(O)O.[Ba].[Mn]. The number of hydrogen-bond donors (Lipinski definition) is 4. The topological polar surface area (TPSA) is 80.9 Å². The molecule has 0 aliphatic heterocycles. The van der Waals surface area contributed by atoms with Gasteiger partial charge in [0.2, 0.25) is 0 Å². The first-order valence-electron chi connectivity index (χ1n) is 0.894. The molecule has 0 aliphatic rings. The minimum atomic E-state index is -4.61. The summed E-state index contributed by atoms with van der Waals surface area (Å²) in [5.74, 6) is 0. The van der Waals surface area contributed by atoms with Gasteiger partial charge in [-0.05, 0) is 0 Å².